The molecule has 3 rings (SSSR count). The highest BCUT2D eigenvalue weighted by Crippen LogP contribution is 2.28. The van der Waals surface area contributed by atoms with E-state index in [4.69, 9.17) is 5.73 Å². The van der Waals surface area contributed by atoms with Crippen molar-refractivity contribution in [2.75, 3.05) is 13.1 Å². The van der Waals surface area contributed by atoms with E-state index in [2.05, 4.69) is 59.3 Å². The van der Waals surface area contributed by atoms with Crippen LogP contribution in [0, 0.1) is 13.8 Å². The van der Waals surface area contributed by atoms with Crippen LogP contribution >= 0.6 is 12.4 Å². The highest BCUT2D eigenvalue weighted by Gasteiger charge is 2.31. The first kappa shape index (κ1) is 16.0. The Morgan fingerprint density at radius 3 is 2.57 bits per heavy atom. The Kier molecular flexibility index (Phi) is 5.04. The van der Waals surface area contributed by atoms with Crippen LogP contribution in [0.25, 0.3) is 0 Å². The van der Waals surface area contributed by atoms with Gasteiger partial charge in [0.15, 0.2) is 0 Å². The summed E-state index contributed by atoms with van der Waals surface area (Å²) in [5.41, 5.74) is 11.3. The van der Waals surface area contributed by atoms with Crippen molar-refractivity contribution in [3.63, 3.8) is 0 Å². The van der Waals surface area contributed by atoms with Gasteiger partial charge in [0.1, 0.15) is 0 Å². The van der Waals surface area contributed by atoms with E-state index in [0.717, 1.165) is 25.3 Å². The van der Waals surface area contributed by atoms with E-state index in [1.54, 1.807) is 0 Å². The number of aromatic amines is 1. The topological polar surface area (TPSA) is 57.9 Å². The standard InChI is InChI=1S/C16H22N4.ClH/c1-11-14(12(2)19-18-11)8-20-9-15(16(17)10-20)13-6-4-3-5-7-13;/h3-7,15-16H,8-10,17H2,1-2H3,(H,18,19);1H/t15-,16+;/m0./s1. The van der Waals surface area contributed by atoms with Gasteiger partial charge in [-0.15, -0.1) is 12.4 Å². The van der Waals surface area contributed by atoms with Crippen molar-refractivity contribution >= 4 is 12.4 Å². The number of H-pyrrole nitrogens is 1. The second kappa shape index (κ2) is 6.60. The fraction of sp³-hybridized carbons (Fsp3) is 0.438. The average Bonchev–Trinajstić information content (AvgIpc) is 2.97. The largest absolute Gasteiger partial charge is 0.326 e. The van der Waals surface area contributed by atoms with Crippen LogP contribution in [-0.2, 0) is 6.54 Å². The first-order chi connectivity index (χ1) is 9.65. The monoisotopic (exact) mass is 306 g/mol. The molecule has 1 aliphatic heterocycles. The number of hydrogen-bond acceptors (Lipinski definition) is 3. The number of nitrogens with one attached hydrogen (secondary N) is 1. The smallest absolute Gasteiger partial charge is 0.0639 e. The molecular weight excluding hydrogens is 284 g/mol. The van der Waals surface area contributed by atoms with Crippen molar-refractivity contribution in [3.05, 3.63) is 52.8 Å². The first-order valence-electron chi connectivity index (χ1n) is 7.18. The third-order valence-corrected chi connectivity index (χ3v) is 4.33. The molecule has 114 valence electrons. The summed E-state index contributed by atoms with van der Waals surface area (Å²) in [5.74, 6) is 0.434. The van der Waals surface area contributed by atoms with Crippen LogP contribution in [0.15, 0.2) is 30.3 Å². The van der Waals surface area contributed by atoms with E-state index in [1.807, 2.05) is 0 Å². The lowest BCUT2D eigenvalue weighted by atomic mass is 9.95. The molecule has 0 amide bonds. The molecule has 21 heavy (non-hydrogen) atoms. The first-order valence-corrected chi connectivity index (χ1v) is 7.18. The van der Waals surface area contributed by atoms with Gasteiger partial charge in [-0.1, -0.05) is 30.3 Å². The molecule has 0 bridgehead atoms. The Morgan fingerprint density at radius 2 is 1.95 bits per heavy atom. The summed E-state index contributed by atoms with van der Waals surface area (Å²) in [4.78, 5) is 2.44. The van der Waals surface area contributed by atoms with Gasteiger partial charge in [-0.25, -0.2) is 0 Å². The van der Waals surface area contributed by atoms with Gasteiger partial charge in [0.25, 0.3) is 0 Å². The molecule has 1 aliphatic rings. The van der Waals surface area contributed by atoms with Crippen molar-refractivity contribution in [2.24, 2.45) is 5.73 Å². The molecule has 0 unspecified atom stereocenters. The molecule has 2 heterocycles. The number of benzene rings is 1. The number of likely N-dealkylation sites (tertiary alicyclic amines) is 1. The number of nitrogens with zero attached hydrogens (tertiary/aromatic N) is 2. The summed E-state index contributed by atoms with van der Waals surface area (Å²) >= 11 is 0. The molecule has 5 heteroatoms. The fourth-order valence-corrected chi connectivity index (χ4v) is 3.13. The summed E-state index contributed by atoms with van der Waals surface area (Å²) in [6, 6.07) is 10.8. The minimum absolute atomic E-state index is 0. The van der Waals surface area contributed by atoms with Crippen LogP contribution in [0.2, 0.25) is 0 Å². The van der Waals surface area contributed by atoms with Gasteiger partial charge < -0.3 is 5.73 Å². The quantitative estimate of drug-likeness (QED) is 0.915. The van der Waals surface area contributed by atoms with E-state index >= 15 is 0 Å². The predicted molar refractivity (Wildman–Crippen MR) is 87.7 cm³/mol. The Labute approximate surface area is 132 Å². The molecule has 1 fully saturated rings. The second-order valence-corrected chi connectivity index (χ2v) is 5.79. The number of aryl methyl sites for hydroxylation is 2. The molecule has 4 nitrogen and oxygen atoms in total. The minimum atomic E-state index is 0. The van der Waals surface area contributed by atoms with Gasteiger partial charge >= 0.3 is 0 Å². The maximum Gasteiger partial charge on any atom is 0.0639 e. The lowest BCUT2D eigenvalue weighted by Gasteiger charge is -2.16. The molecule has 0 aliphatic carbocycles. The molecule has 2 aromatic rings. The van der Waals surface area contributed by atoms with Crippen LogP contribution in [0.5, 0.6) is 0 Å². The third-order valence-electron chi connectivity index (χ3n) is 4.33. The summed E-state index contributed by atoms with van der Waals surface area (Å²) < 4.78 is 0. The maximum atomic E-state index is 6.34. The lowest BCUT2D eigenvalue weighted by molar-refractivity contribution is 0.322. The van der Waals surface area contributed by atoms with Crippen LogP contribution < -0.4 is 5.73 Å². The van der Waals surface area contributed by atoms with Crippen LogP contribution in [0.1, 0.15) is 28.4 Å². The number of halogens is 1. The average molecular weight is 307 g/mol. The number of rotatable bonds is 3. The van der Waals surface area contributed by atoms with Crippen molar-refractivity contribution in [1.82, 2.24) is 15.1 Å². The van der Waals surface area contributed by atoms with Crippen molar-refractivity contribution in [2.45, 2.75) is 32.4 Å². The van der Waals surface area contributed by atoms with E-state index < -0.39 is 0 Å². The summed E-state index contributed by atoms with van der Waals surface area (Å²) in [6.45, 7) is 7.05. The van der Waals surface area contributed by atoms with E-state index in [1.165, 1.54) is 16.8 Å². The molecule has 2 atom stereocenters. The zero-order valence-corrected chi connectivity index (χ0v) is 13.4. The second-order valence-electron chi connectivity index (χ2n) is 5.79. The van der Waals surface area contributed by atoms with Crippen LogP contribution in [0.4, 0.5) is 0 Å². The highest BCUT2D eigenvalue weighted by atomic mass is 35.5. The van der Waals surface area contributed by atoms with Crippen molar-refractivity contribution in [1.29, 1.82) is 0 Å². The van der Waals surface area contributed by atoms with Gasteiger partial charge in [-0.05, 0) is 19.4 Å². The van der Waals surface area contributed by atoms with Crippen LogP contribution in [-0.4, -0.2) is 34.2 Å². The van der Waals surface area contributed by atoms with E-state index in [-0.39, 0.29) is 18.4 Å². The minimum Gasteiger partial charge on any atom is -0.326 e. The molecular formula is C16H23ClN4. The number of nitrogens with two attached hydrogens (primary N) is 1. The summed E-state index contributed by atoms with van der Waals surface area (Å²) in [5, 5.41) is 7.33. The molecule has 0 saturated carbocycles. The normalized spacial score (nSPS) is 22.2. The Balaban J connectivity index is 0.00000161. The maximum absolute atomic E-state index is 6.34. The zero-order valence-electron chi connectivity index (χ0n) is 12.5. The molecule has 1 aromatic heterocycles. The summed E-state index contributed by atoms with van der Waals surface area (Å²) in [6.07, 6.45) is 0. The molecule has 0 spiro atoms. The zero-order chi connectivity index (χ0) is 14.1. The lowest BCUT2D eigenvalue weighted by Crippen LogP contribution is -2.28. The van der Waals surface area contributed by atoms with Gasteiger partial charge in [0, 0.05) is 42.9 Å². The van der Waals surface area contributed by atoms with Gasteiger partial charge in [-0.2, -0.15) is 5.10 Å². The van der Waals surface area contributed by atoms with Gasteiger partial charge in [-0.3, -0.25) is 10.00 Å². The molecule has 3 N–H and O–H groups in total. The van der Waals surface area contributed by atoms with Gasteiger partial charge in [0.2, 0.25) is 0 Å². The SMILES string of the molecule is Cc1n[nH]c(C)c1CN1C[C@@H](N)[C@H](c2ccccc2)C1.Cl. The van der Waals surface area contributed by atoms with Gasteiger partial charge in [0.05, 0.1) is 5.69 Å². The molecule has 0 radical (unpaired) electrons. The van der Waals surface area contributed by atoms with Crippen LogP contribution in [0.3, 0.4) is 0 Å². The number of aromatic nitrogens is 2. The van der Waals surface area contributed by atoms with Crippen molar-refractivity contribution < 1.29 is 0 Å². The Morgan fingerprint density at radius 1 is 1.24 bits per heavy atom. The Bertz CT molecular complexity index is 562. The van der Waals surface area contributed by atoms with E-state index in [0.29, 0.717) is 5.92 Å². The predicted octanol–water partition coefficient (Wildman–Crippen LogP) is 2.38. The molecule has 1 saturated heterocycles. The molecule has 1 aromatic carbocycles. The highest BCUT2D eigenvalue weighted by molar-refractivity contribution is 5.85. The summed E-state index contributed by atoms with van der Waals surface area (Å²) in [7, 11) is 0. The number of hydrogen-bond donors (Lipinski definition) is 2. The van der Waals surface area contributed by atoms with Crippen molar-refractivity contribution in [3.8, 4) is 0 Å². The third kappa shape index (κ3) is 3.28. The fourth-order valence-electron chi connectivity index (χ4n) is 3.13. The van der Waals surface area contributed by atoms with E-state index in [9.17, 15) is 0 Å². The Hall–Kier alpha value is -1.36.